The summed E-state index contributed by atoms with van der Waals surface area (Å²) in [7, 11) is 0. The number of carbonyl (C=O) groups is 3. The molecule has 0 saturated carbocycles. The topological polar surface area (TPSA) is 127 Å². The highest BCUT2D eigenvalue weighted by Gasteiger charge is 2.28. The SMILES string of the molecule is C=CC(=O)OCCCOC1=CCC(C(=O)Oc2ccc(OC(=O)c3ccc(OCCCCCCOC(C)c4cc(C(C)(C)C)c(O)c(C(C)(C)C)c4)cc3)cc2)C=C1. The molecule has 0 saturated heterocycles. The molecule has 0 fully saturated rings. The second-order valence-corrected chi connectivity index (χ2v) is 16.4. The van der Waals surface area contributed by atoms with Crippen molar-refractivity contribution in [2.45, 2.75) is 104 Å². The molecule has 0 spiro atoms. The molecule has 0 amide bonds. The van der Waals surface area contributed by atoms with Crippen molar-refractivity contribution in [1.82, 2.24) is 0 Å². The number of carbonyl (C=O) groups excluding carboxylic acids is 3. The van der Waals surface area contributed by atoms with Gasteiger partial charge in [-0.15, -0.1) is 0 Å². The molecule has 4 rings (SSSR count). The minimum absolute atomic E-state index is 0.0782. The van der Waals surface area contributed by atoms with Gasteiger partial charge in [-0.25, -0.2) is 9.59 Å². The van der Waals surface area contributed by atoms with Crippen LogP contribution in [0, 0.1) is 5.92 Å². The first kappa shape index (κ1) is 45.4. The van der Waals surface area contributed by atoms with E-state index in [4.69, 9.17) is 28.4 Å². The highest BCUT2D eigenvalue weighted by Crippen LogP contribution is 2.41. The standard InChI is InChI=1S/C48H60O10/c1-9-43(49)56-30-14-29-55-38-21-17-35(18-22-38)46(52)58-40-25-23-39(24-26-40)57-45(51)34-15-19-37(20-16-34)54-28-13-11-10-12-27-53-33(2)36-31-41(47(3,4)5)44(50)42(32-36)48(6,7)8/h9,15-17,19-26,31-33,35,50H,1,10-14,18,27-30H2,2-8H3. The van der Waals surface area contributed by atoms with E-state index in [0.717, 1.165) is 48.4 Å². The molecule has 2 atom stereocenters. The van der Waals surface area contributed by atoms with E-state index in [9.17, 15) is 19.5 Å². The zero-order valence-electron chi connectivity index (χ0n) is 35.1. The van der Waals surface area contributed by atoms with Crippen LogP contribution in [0.4, 0.5) is 0 Å². The van der Waals surface area contributed by atoms with Gasteiger partial charge in [-0.05, 0) is 133 Å². The Balaban J connectivity index is 1.10. The molecular weight excluding hydrogens is 737 g/mol. The smallest absolute Gasteiger partial charge is 0.343 e. The Morgan fingerprint density at radius 2 is 1.33 bits per heavy atom. The highest BCUT2D eigenvalue weighted by atomic mass is 16.5. The molecule has 0 bridgehead atoms. The Morgan fingerprint density at radius 3 is 1.90 bits per heavy atom. The summed E-state index contributed by atoms with van der Waals surface area (Å²) in [4.78, 5) is 36.5. The minimum Gasteiger partial charge on any atom is -0.507 e. The normalized spacial score (nSPS) is 14.5. The molecule has 2 unspecified atom stereocenters. The molecule has 10 nitrogen and oxygen atoms in total. The molecule has 0 aromatic heterocycles. The number of allylic oxidation sites excluding steroid dienone is 2. The average molecular weight is 797 g/mol. The van der Waals surface area contributed by atoms with Gasteiger partial charge in [-0.1, -0.05) is 60.6 Å². The highest BCUT2D eigenvalue weighted by molar-refractivity contribution is 5.91. The van der Waals surface area contributed by atoms with Crippen molar-refractivity contribution in [3.05, 3.63) is 120 Å². The van der Waals surface area contributed by atoms with Gasteiger partial charge in [0.25, 0.3) is 0 Å². The fourth-order valence-corrected chi connectivity index (χ4v) is 6.12. The summed E-state index contributed by atoms with van der Waals surface area (Å²) in [5.74, 6) is 0.479. The van der Waals surface area contributed by atoms with E-state index in [2.05, 4.69) is 67.2 Å². The minimum atomic E-state index is -0.516. The predicted octanol–water partition coefficient (Wildman–Crippen LogP) is 10.4. The lowest BCUT2D eigenvalue weighted by Crippen LogP contribution is -2.20. The van der Waals surface area contributed by atoms with Gasteiger partial charge in [-0.2, -0.15) is 0 Å². The van der Waals surface area contributed by atoms with Gasteiger partial charge in [0.05, 0.1) is 37.4 Å². The van der Waals surface area contributed by atoms with Gasteiger partial charge >= 0.3 is 17.9 Å². The number of hydrogen-bond acceptors (Lipinski definition) is 10. The van der Waals surface area contributed by atoms with Gasteiger partial charge in [-0.3, -0.25) is 4.79 Å². The summed E-state index contributed by atoms with van der Waals surface area (Å²) in [5.41, 5.74) is 2.99. The number of phenols is 1. The Morgan fingerprint density at radius 1 is 0.759 bits per heavy atom. The molecule has 3 aromatic rings. The zero-order chi connectivity index (χ0) is 42.3. The first-order valence-corrected chi connectivity index (χ1v) is 20.1. The third-order valence-corrected chi connectivity index (χ3v) is 9.57. The fourth-order valence-electron chi connectivity index (χ4n) is 6.12. The van der Waals surface area contributed by atoms with E-state index < -0.39 is 23.8 Å². The molecule has 312 valence electrons. The van der Waals surface area contributed by atoms with Crippen LogP contribution in [0.25, 0.3) is 0 Å². The van der Waals surface area contributed by atoms with Crippen LogP contribution in [-0.2, 0) is 34.6 Å². The van der Waals surface area contributed by atoms with Crippen LogP contribution in [-0.4, -0.2) is 49.4 Å². The van der Waals surface area contributed by atoms with Gasteiger partial charge in [0.1, 0.15) is 28.8 Å². The van der Waals surface area contributed by atoms with E-state index in [1.165, 1.54) is 0 Å². The Hall–Kier alpha value is -5.35. The number of ether oxygens (including phenoxy) is 6. The van der Waals surface area contributed by atoms with Crippen molar-refractivity contribution in [3.8, 4) is 23.0 Å². The van der Waals surface area contributed by atoms with Crippen LogP contribution in [0.3, 0.4) is 0 Å². The Bertz CT molecular complexity index is 1860. The summed E-state index contributed by atoms with van der Waals surface area (Å²) in [5, 5.41) is 11.0. The van der Waals surface area contributed by atoms with Crippen molar-refractivity contribution >= 4 is 17.9 Å². The van der Waals surface area contributed by atoms with Crippen LogP contribution in [0.2, 0.25) is 0 Å². The van der Waals surface area contributed by atoms with Crippen molar-refractivity contribution in [2.24, 2.45) is 5.92 Å². The molecule has 1 N–H and O–H groups in total. The number of hydrogen-bond donors (Lipinski definition) is 1. The van der Waals surface area contributed by atoms with Crippen LogP contribution >= 0.6 is 0 Å². The van der Waals surface area contributed by atoms with Gasteiger partial charge < -0.3 is 33.5 Å². The molecule has 10 heteroatoms. The molecule has 0 heterocycles. The van der Waals surface area contributed by atoms with Crippen LogP contribution < -0.4 is 14.2 Å². The molecular formula is C48H60O10. The molecule has 58 heavy (non-hydrogen) atoms. The third-order valence-electron chi connectivity index (χ3n) is 9.57. The number of aromatic hydroxyl groups is 1. The van der Waals surface area contributed by atoms with Crippen LogP contribution in [0.5, 0.6) is 23.0 Å². The number of benzene rings is 3. The predicted molar refractivity (Wildman–Crippen MR) is 224 cm³/mol. The molecule has 1 aliphatic carbocycles. The Kier molecular flexibility index (Phi) is 16.7. The summed E-state index contributed by atoms with van der Waals surface area (Å²) in [6, 6.07) is 17.3. The van der Waals surface area contributed by atoms with Crippen LogP contribution in [0.15, 0.2) is 97.3 Å². The number of unbranched alkanes of at least 4 members (excludes halogenated alkanes) is 3. The lowest BCUT2D eigenvalue weighted by molar-refractivity contribution is -0.138. The second-order valence-electron chi connectivity index (χ2n) is 16.4. The van der Waals surface area contributed by atoms with Crippen molar-refractivity contribution < 1.29 is 47.9 Å². The van der Waals surface area contributed by atoms with E-state index in [1.807, 2.05) is 6.08 Å². The van der Waals surface area contributed by atoms with Crippen molar-refractivity contribution in [3.63, 3.8) is 0 Å². The maximum atomic E-state index is 12.8. The summed E-state index contributed by atoms with van der Waals surface area (Å²) < 4.78 is 33.7. The number of rotatable bonds is 20. The lowest BCUT2D eigenvalue weighted by atomic mass is 9.78. The zero-order valence-corrected chi connectivity index (χ0v) is 35.1. The quantitative estimate of drug-likeness (QED) is 0.0511. The molecule has 3 aromatic carbocycles. The van der Waals surface area contributed by atoms with E-state index >= 15 is 0 Å². The first-order chi connectivity index (χ1) is 27.5. The van der Waals surface area contributed by atoms with Gasteiger partial charge in [0, 0.05) is 19.1 Å². The average Bonchev–Trinajstić information content (AvgIpc) is 3.18. The van der Waals surface area contributed by atoms with Crippen molar-refractivity contribution in [1.29, 1.82) is 0 Å². The number of esters is 3. The van der Waals surface area contributed by atoms with E-state index in [0.29, 0.717) is 67.0 Å². The van der Waals surface area contributed by atoms with Crippen molar-refractivity contribution in [2.75, 3.05) is 26.4 Å². The summed E-state index contributed by atoms with van der Waals surface area (Å²) in [6.07, 6.45) is 11.1. The van der Waals surface area contributed by atoms with E-state index in [1.54, 1.807) is 60.7 Å². The molecule has 0 radical (unpaired) electrons. The fraction of sp³-hybridized carbons (Fsp3) is 0.438. The van der Waals surface area contributed by atoms with Gasteiger partial charge in [0.2, 0.25) is 0 Å². The van der Waals surface area contributed by atoms with Gasteiger partial charge in [0.15, 0.2) is 0 Å². The maximum absolute atomic E-state index is 12.8. The maximum Gasteiger partial charge on any atom is 0.343 e. The first-order valence-electron chi connectivity index (χ1n) is 20.1. The van der Waals surface area contributed by atoms with Crippen LogP contribution in [0.1, 0.15) is 120 Å². The summed E-state index contributed by atoms with van der Waals surface area (Å²) in [6.45, 7) is 20.0. The summed E-state index contributed by atoms with van der Waals surface area (Å²) >= 11 is 0. The lowest BCUT2D eigenvalue weighted by Gasteiger charge is -2.29. The molecule has 1 aliphatic rings. The molecule has 0 aliphatic heterocycles. The monoisotopic (exact) mass is 796 g/mol. The van der Waals surface area contributed by atoms with E-state index in [-0.39, 0.29) is 23.5 Å². The second kappa shape index (κ2) is 21.4. The number of phenolic OH excluding ortho intramolecular Hbond substituents is 1. The third kappa shape index (κ3) is 14.2. The Labute approximate surface area is 343 Å². The largest absolute Gasteiger partial charge is 0.507 e.